The lowest BCUT2D eigenvalue weighted by atomic mass is 10.2. The Morgan fingerprint density at radius 3 is 2.70 bits per heavy atom. The molecule has 142 valence electrons. The van der Waals surface area contributed by atoms with E-state index in [1.54, 1.807) is 0 Å². The van der Waals surface area contributed by atoms with Gasteiger partial charge < -0.3 is 21.3 Å². The number of amides is 1. The summed E-state index contributed by atoms with van der Waals surface area (Å²) in [5, 5.41) is 6.66. The third kappa shape index (κ3) is 4.19. The Labute approximate surface area is 159 Å². The lowest BCUT2D eigenvalue weighted by Crippen LogP contribution is -2.23. The van der Waals surface area contributed by atoms with Crippen LogP contribution in [0, 0.1) is 0 Å². The average Bonchev–Trinajstić information content (AvgIpc) is 3.44. The van der Waals surface area contributed by atoms with Crippen molar-refractivity contribution in [3.63, 3.8) is 0 Å². The molecule has 1 aliphatic heterocycles. The molecule has 7 nitrogen and oxygen atoms in total. The quantitative estimate of drug-likeness (QED) is 0.622. The number of hydrogen-bond donors (Lipinski definition) is 3. The van der Waals surface area contributed by atoms with Gasteiger partial charge in [-0.15, -0.1) is 0 Å². The number of rotatable bonds is 8. The molecular weight excluding hydrogens is 340 g/mol. The monoisotopic (exact) mass is 366 g/mol. The van der Waals surface area contributed by atoms with Gasteiger partial charge in [0.1, 0.15) is 5.82 Å². The van der Waals surface area contributed by atoms with Crippen molar-refractivity contribution in [1.82, 2.24) is 9.97 Å². The molecule has 4 N–H and O–H groups in total. The van der Waals surface area contributed by atoms with Crippen LogP contribution in [0.15, 0.2) is 30.5 Å². The van der Waals surface area contributed by atoms with Gasteiger partial charge in [0.25, 0.3) is 0 Å². The van der Waals surface area contributed by atoms with E-state index in [1.165, 1.54) is 18.4 Å². The predicted molar refractivity (Wildman–Crippen MR) is 107 cm³/mol. The molecule has 0 unspecified atom stereocenters. The van der Waals surface area contributed by atoms with Crippen LogP contribution in [0.5, 0.6) is 0 Å². The van der Waals surface area contributed by atoms with Crippen molar-refractivity contribution in [2.45, 2.75) is 38.0 Å². The topological polar surface area (TPSA) is 96.2 Å². The number of hydrogen-bond acceptors (Lipinski definition) is 6. The standard InChI is InChI=1S/C20H26N6O/c21-10-2-11-22-19-17(14-4-5-14)13-23-20(25-19)24-15-6-8-16(9-7-15)26-12-1-3-18(26)27/h6-9,13-14H,1-5,10-12,21H2,(H2,22,23,24,25). The molecule has 7 heteroatoms. The largest absolute Gasteiger partial charge is 0.370 e. The van der Waals surface area contributed by atoms with Crippen molar-refractivity contribution in [2.75, 3.05) is 35.2 Å². The van der Waals surface area contributed by atoms with E-state index < -0.39 is 0 Å². The molecule has 0 bridgehead atoms. The Morgan fingerprint density at radius 1 is 1.22 bits per heavy atom. The van der Waals surface area contributed by atoms with Crippen molar-refractivity contribution in [2.24, 2.45) is 5.73 Å². The maximum atomic E-state index is 11.9. The van der Waals surface area contributed by atoms with Gasteiger partial charge in [0.05, 0.1) is 0 Å². The second-order valence-electron chi connectivity index (χ2n) is 7.16. The fourth-order valence-corrected chi connectivity index (χ4v) is 3.37. The van der Waals surface area contributed by atoms with E-state index in [2.05, 4.69) is 20.6 Å². The summed E-state index contributed by atoms with van der Waals surface area (Å²) in [6.07, 6.45) is 6.82. The summed E-state index contributed by atoms with van der Waals surface area (Å²) in [5.74, 6) is 2.25. The molecule has 2 heterocycles. The highest BCUT2D eigenvalue weighted by Gasteiger charge is 2.27. The van der Waals surface area contributed by atoms with Gasteiger partial charge in [-0.2, -0.15) is 4.98 Å². The molecule has 1 aliphatic carbocycles. The number of aromatic nitrogens is 2. The normalized spacial score (nSPS) is 16.6. The molecule has 1 aromatic heterocycles. The first kappa shape index (κ1) is 17.7. The van der Waals surface area contributed by atoms with Crippen LogP contribution in [0.4, 0.5) is 23.1 Å². The minimum atomic E-state index is 0.197. The summed E-state index contributed by atoms with van der Waals surface area (Å²) >= 11 is 0. The zero-order valence-electron chi connectivity index (χ0n) is 15.4. The van der Waals surface area contributed by atoms with Gasteiger partial charge in [0, 0.05) is 42.6 Å². The lowest BCUT2D eigenvalue weighted by Gasteiger charge is -2.16. The zero-order chi connectivity index (χ0) is 18.6. The molecule has 27 heavy (non-hydrogen) atoms. The predicted octanol–water partition coefficient (Wildman–Crippen LogP) is 2.99. The summed E-state index contributed by atoms with van der Waals surface area (Å²) < 4.78 is 0. The molecule has 1 aromatic carbocycles. The van der Waals surface area contributed by atoms with Crippen LogP contribution in [0.1, 0.15) is 43.6 Å². The van der Waals surface area contributed by atoms with E-state index in [1.807, 2.05) is 35.4 Å². The first-order valence-electron chi connectivity index (χ1n) is 9.73. The first-order chi connectivity index (χ1) is 13.2. The van der Waals surface area contributed by atoms with Gasteiger partial charge in [-0.25, -0.2) is 4.98 Å². The minimum Gasteiger partial charge on any atom is -0.370 e. The first-order valence-corrected chi connectivity index (χ1v) is 9.73. The number of nitrogens with zero attached hydrogens (tertiary/aromatic N) is 3. The molecule has 0 atom stereocenters. The van der Waals surface area contributed by atoms with Gasteiger partial charge in [-0.3, -0.25) is 4.79 Å². The molecule has 2 fully saturated rings. The summed E-state index contributed by atoms with van der Waals surface area (Å²) in [4.78, 5) is 22.9. The molecule has 4 rings (SSSR count). The third-order valence-electron chi connectivity index (χ3n) is 5.02. The molecule has 1 saturated heterocycles. The molecule has 2 aromatic rings. The van der Waals surface area contributed by atoms with E-state index in [0.717, 1.165) is 43.1 Å². The maximum absolute atomic E-state index is 11.9. The van der Waals surface area contributed by atoms with Crippen LogP contribution < -0.4 is 21.3 Å². The van der Waals surface area contributed by atoms with E-state index in [-0.39, 0.29) is 5.91 Å². The summed E-state index contributed by atoms with van der Waals surface area (Å²) in [6, 6.07) is 7.84. The van der Waals surface area contributed by atoms with E-state index >= 15 is 0 Å². The molecule has 2 aliphatic rings. The van der Waals surface area contributed by atoms with Crippen LogP contribution in [-0.2, 0) is 4.79 Å². The second-order valence-corrected chi connectivity index (χ2v) is 7.16. The van der Waals surface area contributed by atoms with Gasteiger partial charge in [0.15, 0.2) is 0 Å². The Kier molecular flexibility index (Phi) is 5.20. The van der Waals surface area contributed by atoms with Gasteiger partial charge in [-0.05, 0) is 62.4 Å². The van der Waals surface area contributed by atoms with E-state index in [9.17, 15) is 4.79 Å². The SMILES string of the molecule is NCCCNc1nc(Nc2ccc(N3CCCC3=O)cc2)ncc1C1CC1. The smallest absolute Gasteiger partial charge is 0.229 e. The maximum Gasteiger partial charge on any atom is 0.229 e. The third-order valence-corrected chi connectivity index (χ3v) is 5.02. The van der Waals surface area contributed by atoms with E-state index in [4.69, 9.17) is 5.73 Å². The highest BCUT2D eigenvalue weighted by atomic mass is 16.2. The molecule has 1 amide bonds. The van der Waals surface area contributed by atoms with Crippen LogP contribution in [0.3, 0.4) is 0 Å². The number of anilines is 4. The van der Waals surface area contributed by atoms with Crippen LogP contribution in [-0.4, -0.2) is 35.5 Å². The number of carbonyl (C=O) groups excluding carboxylic acids is 1. The number of nitrogens with two attached hydrogens (primary N) is 1. The van der Waals surface area contributed by atoms with Crippen LogP contribution >= 0.6 is 0 Å². The van der Waals surface area contributed by atoms with Crippen molar-refractivity contribution in [3.05, 3.63) is 36.0 Å². The fourth-order valence-electron chi connectivity index (χ4n) is 3.37. The molecular formula is C20H26N6O. The Bertz CT molecular complexity index is 803. The number of benzene rings is 1. The molecule has 0 radical (unpaired) electrons. The number of nitrogens with one attached hydrogen (secondary N) is 2. The summed E-state index contributed by atoms with van der Waals surface area (Å²) in [6.45, 7) is 2.27. The van der Waals surface area contributed by atoms with Crippen molar-refractivity contribution in [1.29, 1.82) is 0 Å². The van der Waals surface area contributed by atoms with Gasteiger partial charge in [-0.1, -0.05) is 0 Å². The van der Waals surface area contributed by atoms with Crippen LogP contribution in [0.25, 0.3) is 0 Å². The summed E-state index contributed by atoms with van der Waals surface area (Å²) in [7, 11) is 0. The van der Waals surface area contributed by atoms with Crippen molar-refractivity contribution >= 4 is 29.0 Å². The minimum absolute atomic E-state index is 0.197. The van der Waals surface area contributed by atoms with Crippen molar-refractivity contribution in [3.8, 4) is 0 Å². The molecule has 1 saturated carbocycles. The Hall–Kier alpha value is -2.67. The molecule has 0 spiro atoms. The highest BCUT2D eigenvalue weighted by molar-refractivity contribution is 5.95. The van der Waals surface area contributed by atoms with Gasteiger partial charge in [0.2, 0.25) is 11.9 Å². The number of carbonyl (C=O) groups is 1. The van der Waals surface area contributed by atoms with E-state index in [0.29, 0.717) is 24.8 Å². The highest BCUT2D eigenvalue weighted by Crippen LogP contribution is 2.42. The fraction of sp³-hybridized carbons (Fsp3) is 0.450. The summed E-state index contributed by atoms with van der Waals surface area (Å²) in [5.41, 5.74) is 8.63. The Morgan fingerprint density at radius 2 is 2.04 bits per heavy atom. The van der Waals surface area contributed by atoms with Crippen LogP contribution in [0.2, 0.25) is 0 Å². The lowest BCUT2D eigenvalue weighted by molar-refractivity contribution is -0.117. The second kappa shape index (κ2) is 7.92. The average molecular weight is 366 g/mol. The van der Waals surface area contributed by atoms with Crippen molar-refractivity contribution < 1.29 is 4.79 Å². The zero-order valence-corrected chi connectivity index (χ0v) is 15.4. The Balaban J connectivity index is 1.46. The van der Waals surface area contributed by atoms with Gasteiger partial charge >= 0.3 is 0 Å².